The first kappa shape index (κ1) is 21.4. The lowest BCUT2D eigenvalue weighted by molar-refractivity contribution is -0.113. The van der Waals surface area contributed by atoms with E-state index in [1.807, 2.05) is 50.2 Å². The third kappa shape index (κ3) is 5.61. The van der Waals surface area contributed by atoms with Crippen molar-refractivity contribution in [1.29, 1.82) is 0 Å². The number of hydrogen-bond donors (Lipinski definition) is 1. The lowest BCUT2D eigenvalue weighted by Crippen LogP contribution is -2.16. The molecule has 1 N–H and O–H groups in total. The van der Waals surface area contributed by atoms with Crippen molar-refractivity contribution >= 4 is 35.0 Å². The number of carbonyl (C=O) groups excluding carboxylic acids is 1. The molecule has 0 aliphatic heterocycles. The van der Waals surface area contributed by atoms with Crippen LogP contribution in [-0.4, -0.2) is 26.4 Å². The van der Waals surface area contributed by atoms with Gasteiger partial charge in [0.15, 0.2) is 11.0 Å². The summed E-state index contributed by atoms with van der Waals surface area (Å²) < 4.78 is 2.07. The third-order valence-electron chi connectivity index (χ3n) is 4.36. The monoisotopic (exact) mass is 428 g/mol. The van der Waals surface area contributed by atoms with Crippen molar-refractivity contribution < 1.29 is 4.79 Å². The quantitative estimate of drug-likeness (QED) is 0.497. The minimum atomic E-state index is -0.0610. The Hall–Kier alpha value is -2.31. The van der Waals surface area contributed by atoms with Gasteiger partial charge >= 0.3 is 0 Å². The van der Waals surface area contributed by atoms with E-state index >= 15 is 0 Å². The van der Waals surface area contributed by atoms with Crippen molar-refractivity contribution in [2.75, 3.05) is 11.1 Å². The second kappa shape index (κ2) is 9.46. The molecule has 0 unspecified atom stereocenters. The molecule has 152 valence electrons. The van der Waals surface area contributed by atoms with Crippen LogP contribution in [0.1, 0.15) is 25.0 Å². The summed E-state index contributed by atoms with van der Waals surface area (Å²) in [6.45, 7) is 9.09. The van der Waals surface area contributed by atoms with Crippen molar-refractivity contribution in [3.63, 3.8) is 0 Å². The Labute approximate surface area is 180 Å². The molecule has 1 heterocycles. The SMILES string of the molecule is Cc1ccc(NC(=O)CSc2nnc(-c3ccc(Cl)cc3)n2CC(C)C)c(C)c1. The summed E-state index contributed by atoms with van der Waals surface area (Å²) >= 11 is 7.40. The highest BCUT2D eigenvalue weighted by Crippen LogP contribution is 2.26. The maximum atomic E-state index is 12.5. The molecule has 0 aliphatic carbocycles. The van der Waals surface area contributed by atoms with Crippen LogP contribution < -0.4 is 5.32 Å². The van der Waals surface area contributed by atoms with Gasteiger partial charge in [0, 0.05) is 22.8 Å². The molecular formula is C22H25ClN4OS. The number of nitrogens with zero attached hydrogens (tertiary/aromatic N) is 3. The topological polar surface area (TPSA) is 59.8 Å². The number of aryl methyl sites for hydroxylation is 2. The standard InChI is InChI=1S/C22H25ClN4OS/c1-14(2)12-27-21(17-6-8-18(23)9-7-17)25-26-22(27)29-13-20(28)24-19-10-5-15(3)11-16(19)4/h5-11,14H,12-13H2,1-4H3,(H,24,28). The van der Waals surface area contributed by atoms with Gasteiger partial charge in [0.1, 0.15) is 0 Å². The number of hydrogen-bond acceptors (Lipinski definition) is 4. The Morgan fingerprint density at radius 3 is 2.52 bits per heavy atom. The zero-order valence-electron chi connectivity index (χ0n) is 17.1. The van der Waals surface area contributed by atoms with Crippen molar-refractivity contribution in [2.24, 2.45) is 5.92 Å². The van der Waals surface area contributed by atoms with Crippen LogP contribution in [0.3, 0.4) is 0 Å². The first-order valence-electron chi connectivity index (χ1n) is 9.52. The lowest BCUT2D eigenvalue weighted by atomic mass is 10.1. The second-order valence-electron chi connectivity index (χ2n) is 7.47. The molecular weight excluding hydrogens is 404 g/mol. The van der Waals surface area contributed by atoms with Crippen LogP contribution in [-0.2, 0) is 11.3 Å². The van der Waals surface area contributed by atoms with Crippen molar-refractivity contribution in [3.8, 4) is 11.4 Å². The van der Waals surface area contributed by atoms with Crippen LogP contribution in [0, 0.1) is 19.8 Å². The number of halogens is 1. The maximum absolute atomic E-state index is 12.5. The van der Waals surface area contributed by atoms with E-state index in [0.29, 0.717) is 10.9 Å². The number of rotatable bonds is 7. The van der Waals surface area contributed by atoms with Gasteiger partial charge in [-0.3, -0.25) is 4.79 Å². The minimum Gasteiger partial charge on any atom is -0.325 e. The summed E-state index contributed by atoms with van der Waals surface area (Å²) in [6, 6.07) is 13.5. The van der Waals surface area contributed by atoms with Gasteiger partial charge in [-0.15, -0.1) is 10.2 Å². The highest BCUT2D eigenvalue weighted by Gasteiger charge is 2.17. The van der Waals surface area contributed by atoms with Crippen LogP contribution in [0.15, 0.2) is 47.6 Å². The highest BCUT2D eigenvalue weighted by molar-refractivity contribution is 7.99. The van der Waals surface area contributed by atoms with Gasteiger partial charge < -0.3 is 9.88 Å². The molecule has 0 atom stereocenters. The van der Waals surface area contributed by atoms with Crippen LogP contribution in [0.4, 0.5) is 5.69 Å². The van der Waals surface area contributed by atoms with E-state index in [1.54, 1.807) is 0 Å². The van der Waals surface area contributed by atoms with Crippen molar-refractivity contribution in [3.05, 3.63) is 58.6 Å². The number of aromatic nitrogens is 3. The van der Waals surface area contributed by atoms with Gasteiger partial charge in [-0.2, -0.15) is 0 Å². The first-order chi connectivity index (χ1) is 13.8. The molecule has 0 fully saturated rings. The number of anilines is 1. The Morgan fingerprint density at radius 2 is 1.86 bits per heavy atom. The Balaban J connectivity index is 1.74. The van der Waals surface area contributed by atoms with E-state index in [0.717, 1.165) is 34.3 Å². The molecule has 3 rings (SSSR count). The predicted octanol–water partition coefficient (Wildman–Crippen LogP) is 5.60. The van der Waals surface area contributed by atoms with Gasteiger partial charge in [0.25, 0.3) is 0 Å². The molecule has 3 aromatic rings. The van der Waals surface area contributed by atoms with Crippen LogP contribution in [0.5, 0.6) is 0 Å². The number of amides is 1. The fourth-order valence-electron chi connectivity index (χ4n) is 3.01. The highest BCUT2D eigenvalue weighted by atomic mass is 35.5. The molecule has 0 spiro atoms. The summed E-state index contributed by atoms with van der Waals surface area (Å²) in [5.41, 5.74) is 4.02. The lowest BCUT2D eigenvalue weighted by Gasteiger charge is -2.13. The number of benzene rings is 2. The molecule has 0 aliphatic rings. The molecule has 0 saturated heterocycles. The van der Waals surface area contributed by atoms with Gasteiger partial charge in [-0.1, -0.05) is 54.9 Å². The van der Waals surface area contributed by atoms with Crippen LogP contribution >= 0.6 is 23.4 Å². The number of carbonyl (C=O) groups is 1. The van der Waals surface area contributed by atoms with E-state index in [1.165, 1.54) is 17.3 Å². The summed E-state index contributed by atoms with van der Waals surface area (Å²) in [6.07, 6.45) is 0. The number of thioether (sulfide) groups is 1. The van der Waals surface area contributed by atoms with Crippen molar-refractivity contribution in [1.82, 2.24) is 14.8 Å². The molecule has 1 aromatic heterocycles. The van der Waals surface area contributed by atoms with Gasteiger partial charge in [0.05, 0.1) is 5.75 Å². The summed E-state index contributed by atoms with van der Waals surface area (Å²) in [5, 5.41) is 13.1. The predicted molar refractivity (Wildman–Crippen MR) is 121 cm³/mol. The first-order valence-corrected chi connectivity index (χ1v) is 10.9. The van der Waals surface area contributed by atoms with E-state index in [4.69, 9.17) is 11.6 Å². The molecule has 0 saturated carbocycles. The minimum absolute atomic E-state index is 0.0610. The van der Waals surface area contributed by atoms with Gasteiger partial charge in [-0.25, -0.2) is 0 Å². The van der Waals surface area contributed by atoms with E-state index in [9.17, 15) is 4.79 Å². The molecule has 2 aromatic carbocycles. The zero-order chi connectivity index (χ0) is 21.0. The fraction of sp³-hybridized carbons (Fsp3) is 0.318. The third-order valence-corrected chi connectivity index (χ3v) is 5.57. The zero-order valence-corrected chi connectivity index (χ0v) is 18.6. The Bertz CT molecular complexity index is 999. The molecule has 1 amide bonds. The molecule has 0 radical (unpaired) electrons. The second-order valence-corrected chi connectivity index (χ2v) is 8.85. The van der Waals surface area contributed by atoms with Crippen LogP contribution in [0.2, 0.25) is 5.02 Å². The smallest absolute Gasteiger partial charge is 0.234 e. The molecule has 29 heavy (non-hydrogen) atoms. The van der Waals surface area contributed by atoms with E-state index in [-0.39, 0.29) is 11.7 Å². The largest absolute Gasteiger partial charge is 0.325 e. The average Bonchev–Trinajstić information content (AvgIpc) is 3.05. The van der Waals surface area contributed by atoms with Crippen LogP contribution in [0.25, 0.3) is 11.4 Å². The summed E-state index contributed by atoms with van der Waals surface area (Å²) in [5.74, 6) is 1.41. The summed E-state index contributed by atoms with van der Waals surface area (Å²) in [4.78, 5) is 12.5. The average molecular weight is 429 g/mol. The summed E-state index contributed by atoms with van der Waals surface area (Å²) in [7, 11) is 0. The maximum Gasteiger partial charge on any atom is 0.234 e. The van der Waals surface area contributed by atoms with Crippen molar-refractivity contribution in [2.45, 2.75) is 39.4 Å². The molecule has 5 nitrogen and oxygen atoms in total. The van der Waals surface area contributed by atoms with Gasteiger partial charge in [-0.05, 0) is 55.7 Å². The Kier molecular flexibility index (Phi) is 6.98. The molecule has 7 heteroatoms. The Morgan fingerprint density at radius 1 is 1.14 bits per heavy atom. The fourth-order valence-corrected chi connectivity index (χ4v) is 3.88. The van der Waals surface area contributed by atoms with E-state index < -0.39 is 0 Å². The molecule has 0 bridgehead atoms. The van der Waals surface area contributed by atoms with Gasteiger partial charge in [0.2, 0.25) is 5.91 Å². The number of nitrogens with one attached hydrogen (secondary N) is 1. The normalized spacial score (nSPS) is 11.1. The van der Waals surface area contributed by atoms with E-state index in [2.05, 4.69) is 40.0 Å².